The molecule has 0 N–H and O–H groups in total. The van der Waals surface area contributed by atoms with E-state index in [1.54, 1.807) is 0 Å². The topological polar surface area (TPSA) is 53.5 Å². The second kappa shape index (κ2) is 5.13. The Balaban J connectivity index is 2.31. The summed E-state index contributed by atoms with van der Waals surface area (Å²) < 4.78 is 26.5. The molecule has 1 atom stereocenters. The lowest BCUT2D eigenvalue weighted by Crippen LogP contribution is -2.52. The Morgan fingerprint density at radius 3 is 2.78 bits per heavy atom. The number of hydrogen-bond donors (Lipinski definition) is 0. The van der Waals surface area contributed by atoms with Crippen molar-refractivity contribution in [1.29, 1.82) is 0 Å². The van der Waals surface area contributed by atoms with E-state index >= 15 is 0 Å². The van der Waals surface area contributed by atoms with Crippen molar-refractivity contribution < 1.29 is 8.42 Å². The molecule has 1 fully saturated rings. The molecule has 0 bridgehead atoms. The molecule has 1 aromatic rings. The summed E-state index contributed by atoms with van der Waals surface area (Å²) in [6, 6.07) is 2.83. The monoisotopic (exact) mass is 289 g/mol. The number of piperazine rings is 1. The van der Waals surface area contributed by atoms with Gasteiger partial charge in [0.1, 0.15) is 5.15 Å². The van der Waals surface area contributed by atoms with Crippen molar-refractivity contribution >= 4 is 21.6 Å². The zero-order valence-electron chi connectivity index (χ0n) is 10.4. The second-order valence-corrected chi connectivity index (χ2v) is 6.82. The number of hydrogen-bond acceptors (Lipinski definition) is 4. The Morgan fingerprint density at radius 2 is 2.17 bits per heavy atom. The Labute approximate surface area is 112 Å². The Morgan fingerprint density at radius 1 is 1.44 bits per heavy atom. The van der Waals surface area contributed by atoms with E-state index in [-0.39, 0.29) is 16.1 Å². The maximum absolute atomic E-state index is 12.5. The Bertz CT molecular complexity index is 535. The van der Waals surface area contributed by atoms with Crippen molar-refractivity contribution in [2.75, 3.05) is 26.7 Å². The minimum Gasteiger partial charge on any atom is -0.303 e. The fourth-order valence-corrected chi connectivity index (χ4v) is 4.03. The zero-order valence-corrected chi connectivity index (χ0v) is 11.9. The van der Waals surface area contributed by atoms with E-state index in [0.717, 1.165) is 13.1 Å². The standard InChI is InChI=1S/C11H16ClN3O2S/c1-9-8-14(2)5-6-15(9)18(16,17)10-3-4-13-11(12)7-10/h3-4,7,9H,5-6,8H2,1-2H3. The first kappa shape index (κ1) is 13.7. The molecule has 5 nitrogen and oxygen atoms in total. The third-order valence-electron chi connectivity index (χ3n) is 3.07. The van der Waals surface area contributed by atoms with Crippen molar-refractivity contribution in [2.45, 2.75) is 17.9 Å². The zero-order chi connectivity index (χ0) is 13.3. The van der Waals surface area contributed by atoms with Crippen LogP contribution in [0.3, 0.4) is 0 Å². The fraction of sp³-hybridized carbons (Fsp3) is 0.545. The first-order valence-corrected chi connectivity index (χ1v) is 7.55. The van der Waals surface area contributed by atoms with Crippen molar-refractivity contribution in [3.8, 4) is 0 Å². The molecule has 0 radical (unpaired) electrons. The van der Waals surface area contributed by atoms with Gasteiger partial charge in [0.05, 0.1) is 4.90 Å². The van der Waals surface area contributed by atoms with Gasteiger partial charge in [0.25, 0.3) is 0 Å². The van der Waals surface area contributed by atoms with Crippen LogP contribution in [0.1, 0.15) is 6.92 Å². The average molecular weight is 290 g/mol. The minimum atomic E-state index is -3.47. The predicted molar refractivity (Wildman–Crippen MR) is 70.1 cm³/mol. The first-order chi connectivity index (χ1) is 8.41. The molecule has 1 aliphatic heterocycles. The molecule has 0 aliphatic carbocycles. The van der Waals surface area contributed by atoms with Crippen LogP contribution in [0.4, 0.5) is 0 Å². The maximum Gasteiger partial charge on any atom is 0.243 e. The summed E-state index contributed by atoms with van der Waals surface area (Å²) in [6.45, 7) is 3.89. The molecule has 1 unspecified atom stereocenters. The highest BCUT2D eigenvalue weighted by molar-refractivity contribution is 7.89. The number of sulfonamides is 1. The summed E-state index contributed by atoms with van der Waals surface area (Å²) in [7, 11) is -1.49. The highest BCUT2D eigenvalue weighted by atomic mass is 35.5. The van der Waals surface area contributed by atoms with Gasteiger partial charge < -0.3 is 4.90 Å². The molecule has 1 aromatic heterocycles. The summed E-state index contributed by atoms with van der Waals surface area (Å²) >= 11 is 5.75. The van der Waals surface area contributed by atoms with Crippen LogP contribution in [-0.4, -0.2) is 55.3 Å². The predicted octanol–water partition coefficient (Wildman–Crippen LogP) is 1.06. The van der Waals surface area contributed by atoms with Gasteiger partial charge >= 0.3 is 0 Å². The van der Waals surface area contributed by atoms with Gasteiger partial charge in [-0.25, -0.2) is 13.4 Å². The van der Waals surface area contributed by atoms with Crippen LogP contribution in [0.15, 0.2) is 23.2 Å². The smallest absolute Gasteiger partial charge is 0.243 e. The van der Waals surface area contributed by atoms with Crippen molar-refractivity contribution in [1.82, 2.24) is 14.2 Å². The van der Waals surface area contributed by atoms with Crippen LogP contribution in [0.2, 0.25) is 5.15 Å². The summed E-state index contributed by atoms with van der Waals surface area (Å²) in [6.07, 6.45) is 1.41. The lowest BCUT2D eigenvalue weighted by Gasteiger charge is -2.37. The molecule has 0 amide bonds. The molecule has 0 saturated carbocycles. The number of aromatic nitrogens is 1. The molecule has 7 heteroatoms. The van der Waals surface area contributed by atoms with E-state index in [2.05, 4.69) is 9.88 Å². The molecule has 18 heavy (non-hydrogen) atoms. The van der Waals surface area contributed by atoms with Gasteiger partial charge in [0.2, 0.25) is 10.0 Å². The van der Waals surface area contributed by atoms with E-state index in [9.17, 15) is 8.42 Å². The third kappa shape index (κ3) is 2.66. The lowest BCUT2D eigenvalue weighted by molar-refractivity contribution is 0.170. The molecule has 1 saturated heterocycles. The molecular formula is C11H16ClN3O2S. The lowest BCUT2D eigenvalue weighted by atomic mass is 10.2. The number of rotatable bonds is 2. The normalized spacial score (nSPS) is 23.2. The Hall–Kier alpha value is -0.690. The average Bonchev–Trinajstić information content (AvgIpc) is 2.28. The van der Waals surface area contributed by atoms with E-state index in [4.69, 9.17) is 11.6 Å². The molecule has 0 aromatic carbocycles. The maximum atomic E-state index is 12.5. The third-order valence-corrected chi connectivity index (χ3v) is 5.29. The highest BCUT2D eigenvalue weighted by Crippen LogP contribution is 2.22. The summed E-state index contributed by atoms with van der Waals surface area (Å²) in [5, 5.41) is 0.192. The second-order valence-electron chi connectivity index (χ2n) is 4.54. The number of likely N-dealkylation sites (N-methyl/N-ethyl adjacent to an activating group) is 1. The van der Waals surface area contributed by atoms with Crippen molar-refractivity contribution in [3.63, 3.8) is 0 Å². The van der Waals surface area contributed by atoms with Crippen molar-refractivity contribution in [3.05, 3.63) is 23.5 Å². The number of nitrogens with zero attached hydrogens (tertiary/aromatic N) is 3. The summed E-state index contributed by atoms with van der Waals surface area (Å²) in [4.78, 5) is 6.13. The SMILES string of the molecule is CC1CN(C)CCN1S(=O)(=O)c1ccnc(Cl)c1. The van der Waals surface area contributed by atoms with Crippen LogP contribution in [-0.2, 0) is 10.0 Å². The fourth-order valence-electron chi connectivity index (χ4n) is 2.16. The van der Waals surface area contributed by atoms with Crippen LogP contribution in [0.5, 0.6) is 0 Å². The minimum absolute atomic E-state index is 0.0410. The molecule has 1 aliphatic rings. The van der Waals surface area contributed by atoms with Crippen LogP contribution >= 0.6 is 11.6 Å². The first-order valence-electron chi connectivity index (χ1n) is 5.73. The van der Waals surface area contributed by atoms with E-state index in [1.165, 1.54) is 22.6 Å². The van der Waals surface area contributed by atoms with Gasteiger partial charge in [-0.3, -0.25) is 0 Å². The number of pyridine rings is 1. The van der Waals surface area contributed by atoms with E-state index in [0.29, 0.717) is 6.54 Å². The number of halogens is 1. The van der Waals surface area contributed by atoms with Gasteiger partial charge in [-0.1, -0.05) is 11.6 Å². The molecule has 0 spiro atoms. The van der Waals surface area contributed by atoms with Gasteiger partial charge in [-0.15, -0.1) is 0 Å². The quantitative estimate of drug-likeness (QED) is 0.764. The highest BCUT2D eigenvalue weighted by Gasteiger charge is 2.32. The van der Waals surface area contributed by atoms with Crippen LogP contribution < -0.4 is 0 Å². The molecule has 100 valence electrons. The Kier molecular flexibility index (Phi) is 3.91. The van der Waals surface area contributed by atoms with Crippen LogP contribution in [0.25, 0.3) is 0 Å². The largest absolute Gasteiger partial charge is 0.303 e. The molecule has 2 heterocycles. The van der Waals surface area contributed by atoms with E-state index < -0.39 is 10.0 Å². The summed E-state index contributed by atoms with van der Waals surface area (Å²) in [5.74, 6) is 0. The van der Waals surface area contributed by atoms with Gasteiger partial charge in [-0.05, 0) is 26.1 Å². The van der Waals surface area contributed by atoms with Gasteiger partial charge in [-0.2, -0.15) is 4.31 Å². The molecular weight excluding hydrogens is 274 g/mol. The summed E-state index contributed by atoms with van der Waals surface area (Å²) in [5.41, 5.74) is 0. The van der Waals surface area contributed by atoms with E-state index in [1.807, 2.05) is 14.0 Å². The molecule has 2 rings (SSSR count). The van der Waals surface area contributed by atoms with Crippen LogP contribution in [0, 0.1) is 0 Å². The van der Waals surface area contributed by atoms with Gasteiger partial charge in [0, 0.05) is 31.9 Å². The van der Waals surface area contributed by atoms with Gasteiger partial charge in [0.15, 0.2) is 0 Å². The van der Waals surface area contributed by atoms with Crippen molar-refractivity contribution in [2.24, 2.45) is 0 Å².